The molecule has 4 aliphatic rings. The Balaban J connectivity index is 1.19. The first-order valence-corrected chi connectivity index (χ1v) is 16.8. The van der Waals surface area contributed by atoms with Gasteiger partial charge in [0.15, 0.2) is 5.83 Å². The number of rotatable bonds is 9. The summed E-state index contributed by atoms with van der Waals surface area (Å²) in [7, 11) is 2.21. The van der Waals surface area contributed by atoms with E-state index in [0.717, 1.165) is 34.7 Å². The third-order valence-corrected chi connectivity index (χ3v) is 11.7. The Bertz CT molecular complexity index is 1740. The summed E-state index contributed by atoms with van der Waals surface area (Å²) in [6.07, 6.45) is 7.14. The van der Waals surface area contributed by atoms with E-state index in [1.807, 2.05) is 24.2 Å². The summed E-state index contributed by atoms with van der Waals surface area (Å²) in [6, 6.07) is 8.95. The maximum Gasteiger partial charge on any atom is 0.318 e. The minimum atomic E-state index is -1.01. The van der Waals surface area contributed by atoms with E-state index in [1.165, 1.54) is 28.7 Å². The van der Waals surface area contributed by atoms with Crippen LogP contribution in [0.1, 0.15) is 43.0 Å². The number of pyridine rings is 1. The van der Waals surface area contributed by atoms with Crippen molar-refractivity contribution >= 4 is 39.9 Å². The van der Waals surface area contributed by atoms with Gasteiger partial charge in [-0.25, -0.2) is 4.39 Å². The highest BCUT2D eigenvalue weighted by Crippen LogP contribution is 2.57. The van der Waals surface area contributed by atoms with Gasteiger partial charge in [0.2, 0.25) is 0 Å². The summed E-state index contributed by atoms with van der Waals surface area (Å²) in [6.45, 7) is 10.5. The molecule has 7 rings (SSSR count). The summed E-state index contributed by atoms with van der Waals surface area (Å²) >= 11 is 1.92. The number of hydrogen-bond donors (Lipinski definition) is 0. The Labute approximate surface area is 273 Å². The Morgan fingerprint density at radius 1 is 1.24 bits per heavy atom. The molecule has 5 heterocycles. The molecule has 3 fully saturated rings. The van der Waals surface area contributed by atoms with E-state index < -0.39 is 17.8 Å². The first-order valence-electron chi connectivity index (χ1n) is 16.0. The minimum absolute atomic E-state index is 0.0576. The van der Waals surface area contributed by atoms with Gasteiger partial charge >= 0.3 is 6.01 Å². The summed E-state index contributed by atoms with van der Waals surface area (Å²) in [5.74, 6) is -1.01. The molecular weight excluding hydrogens is 603 g/mol. The van der Waals surface area contributed by atoms with Crippen molar-refractivity contribution in [3.63, 3.8) is 0 Å². The van der Waals surface area contributed by atoms with Crippen LogP contribution in [-0.4, -0.2) is 92.7 Å². The van der Waals surface area contributed by atoms with Gasteiger partial charge < -0.3 is 19.4 Å². The predicted molar refractivity (Wildman–Crippen MR) is 178 cm³/mol. The lowest BCUT2D eigenvalue weighted by Gasteiger charge is -2.42. The van der Waals surface area contributed by atoms with Gasteiger partial charge in [-0.1, -0.05) is 24.8 Å². The van der Waals surface area contributed by atoms with Crippen molar-refractivity contribution in [2.45, 2.75) is 68.3 Å². The van der Waals surface area contributed by atoms with Crippen molar-refractivity contribution in [3.05, 3.63) is 59.8 Å². The highest BCUT2D eigenvalue weighted by Gasteiger charge is 2.57. The van der Waals surface area contributed by atoms with E-state index in [4.69, 9.17) is 14.7 Å². The topological polar surface area (TPSA) is 102 Å². The Kier molecular flexibility index (Phi) is 8.01. The van der Waals surface area contributed by atoms with Crippen LogP contribution >= 0.6 is 11.8 Å². The molecule has 1 saturated carbocycles. The SMILES string of the molecule is C=C(F)C(=O)N1CCN(c2nc(OCC3S[C@]3(C)N(C)C3CC3)nc3c2CCN(c2cncc4cccc(C)c24)C3)C[C@@H]1CC#N. The van der Waals surface area contributed by atoms with Gasteiger partial charge in [0.05, 0.1) is 52.8 Å². The molecule has 12 heteroatoms. The van der Waals surface area contributed by atoms with E-state index >= 15 is 0 Å². The Morgan fingerprint density at radius 2 is 2.07 bits per heavy atom. The molecule has 0 spiro atoms. The highest BCUT2D eigenvalue weighted by atomic mass is 32.2. The van der Waals surface area contributed by atoms with Gasteiger partial charge in [0.25, 0.3) is 5.91 Å². The molecular formula is C34H39FN8O2S. The number of thioether (sulfide) groups is 1. The summed E-state index contributed by atoms with van der Waals surface area (Å²) in [5.41, 5.74) is 4.20. The average Bonchev–Trinajstić information content (AvgIpc) is 4.00. The lowest BCUT2D eigenvalue weighted by atomic mass is 10.0. The van der Waals surface area contributed by atoms with Crippen LogP contribution in [0.5, 0.6) is 6.01 Å². The number of ether oxygens (including phenoxy) is 1. The quantitative estimate of drug-likeness (QED) is 0.243. The third kappa shape index (κ3) is 5.64. The van der Waals surface area contributed by atoms with Crippen molar-refractivity contribution < 1.29 is 13.9 Å². The molecule has 1 amide bonds. The van der Waals surface area contributed by atoms with Crippen LogP contribution in [0.2, 0.25) is 0 Å². The molecule has 2 saturated heterocycles. The van der Waals surface area contributed by atoms with Gasteiger partial charge in [-0.05, 0) is 45.7 Å². The fourth-order valence-electron chi connectivity index (χ4n) is 7.04. The van der Waals surface area contributed by atoms with Crippen LogP contribution in [-0.2, 0) is 17.8 Å². The summed E-state index contributed by atoms with van der Waals surface area (Å²) in [4.78, 5) is 35.5. The molecule has 1 unspecified atom stereocenters. The van der Waals surface area contributed by atoms with E-state index in [-0.39, 0.29) is 17.8 Å². The smallest absolute Gasteiger partial charge is 0.318 e. The molecule has 240 valence electrons. The number of nitrogens with zero attached hydrogens (tertiary/aromatic N) is 8. The minimum Gasteiger partial charge on any atom is -0.462 e. The molecule has 10 nitrogen and oxygen atoms in total. The number of halogens is 1. The second kappa shape index (κ2) is 12.0. The second-order valence-electron chi connectivity index (χ2n) is 12.9. The lowest BCUT2D eigenvalue weighted by Crippen LogP contribution is -2.55. The maximum atomic E-state index is 13.9. The zero-order valence-corrected chi connectivity index (χ0v) is 27.4. The van der Waals surface area contributed by atoms with Crippen LogP contribution in [0, 0.1) is 18.3 Å². The number of hydrogen-bond acceptors (Lipinski definition) is 10. The molecule has 46 heavy (non-hydrogen) atoms. The zero-order chi connectivity index (χ0) is 32.2. The number of benzene rings is 1. The van der Waals surface area contributed by atoms with Gasteiger partial charge in [-0.3, -0.25) is 14.7 Å². The van der Waals surface area contributed by atoms with E-state index in [9.17, 15) is 14.4 Å². The van der Waals surface area contributed by atoms with Crippen LogP contribution in [0.3, 0.4) is 0 Å². The normalized spacial score (nSPS) is 24.1. The number of fused-ring (bicyclic) bond motifs is 2. The van der Waals surface area contributed by atoms with Gasteiger partial charge in [-0.2, -0.15) is 15.2 Å². The molecule has 3 aromatic rings. The van der Waals surface area contributed by atoms with Crippen LogP contribution in [0.25, 0.3) is 10.8 Å². The molecule has 0 radical (unpaired) electrons. The van der Waals surface area contributed by atoms with Crippen LogP contribution in [0.15, 0.2) is 43.0 Å². The first-order chi connectivity index (χ1) is 22.2. The van der Waals surface area contributed by atoms with Gasteiger partial charge in [-0.15, -0.1) is 11.8 Å². The van der Waals surface area contributed by atoms with E-state index in [0.29, 0.717) is 50.0 Å². The van der Waals surface area contributed by atoms with Crippen LogP contribution in [0.4, 0.5) is 15.9 Å². The van der Waals surface area contributed by atoms with Crippen molar-refractivity contribution in [1.29, 1.82) is 5.26 Å². The molecule has 3 atom stereocenters. The predicted octanol–water partition coefficient (Wildman–Crippen LogP) is 4.61. The first kappa shape index (κ1) is 30.7. The van der Waals surface area contributed by atoms with Crippen molar-refractivity contribution in [1.82, 2.24) is 24.8 Å². The lowest BCUT2D eigenvalue weighted by molar-refractivity contribution is -0.131. The summed E-state index contributed by atoms with van der Waals surface area (Å²) in [5, 5.41) is 12.2. The molecule has 0 bridgehead atoms. The van der Waals surface area contributed by atoms with Gasteiger partial charge in [0.1, 0.15) is 12.4 Å². The number of piperazine rings is 1. The number of nitriles is 1. The number of carbonyl (C=O) groups excluding carboxylic acids is 1. The number of aromatic nitrogens is 3. The molecule has 3 aliphatic heterocycles. The number of aryl methyl sites for hydroxylation is 1. The van der Waals surface area contributed by atoms with E-state index in [2.05, 4.69) is 71.4 Å². The Hall–Kier alpha value is -3.95. The molecule has 0 N–H and O–H groups in total. The fraction of sp³-hybridized carbons (Fsp3) is 0.500. The molecule has 1 aliphatic carbocycles. The summed E-state index contributed by atoms with van der Waals surface area (Å²) < 4.78 is 20.2. The van der Waals surface area contributed by atoms with Crippen LogP contribution < -0.4 is 14.5 Å². The number of amides is 1. The van der Waals surface area contributed by atoms with E-state index in [1.54, 1.807) is 0 Å². The third-order valence-electron chi connectivity index (χ3n) is 10.0. The average molecular weight is 643 g/mol. The molecule has 2 aromatic heterocycles. The van der Waals surface area contributed by atoms with Crippen molar-refractivity contribution in [2.75, 3.05) is 49.6 Å². The Morgan fingerprint density at radius 3 is 2.83 bits per heavy atom. The fourth-order valence-corrected chi connectivity index (χ4v) is 8.23. The van der Waals surface area contributed by atoms with Crippen molar-refractivity contribution in [2.24, 2.45) is 0 Å². The monoisotopic (exact) mass is 642 g/mol. The second-order valence-corrected chi connectivity index (χ2v) is 14.6. The zero-order valence-electron chi connectivity index (χ0n) is 26.6. The standard InChI is InChI=1S/C34H39FN8O2S/c1-21-6-5-7-23-16-37-17-28(30(21)23)41-13-11-26-27(19-41)38-33(45-20-29-34(3,46-29)40(4)24-8-9-24)39-31(26)42-14-15-43(32(44)22(2)35)25(18-42)10-12-36/h5-7,16-17,24-25,29H,2,8-11,13-15,18-20H2,1,3-4H3/t25-,29?,34-/m0/s1. The number of carbonyl (C=O) groups is 1. The number of anilines is 2. The largest absolute Gasteiger partial charge is 0.462 e. The van der Waals surface area contributed by atoms with Crippen molar-refractivity contribution in [3.8, 4) is 12.1 Å². The highest BCUT2D eigenvalue weighted by molar-refractivity contribution is 8.08. The maximum absolute atomic E-state index is 13.9. The molecule has 1 aromatic carbocycles. The van der Waals surface area contributed by atoms with Gasteiger partial charge in [0, 0.05) is 54.8 Å².